The summed E-state index contributed by atoms with van der Waals surface area (Å²) in [7, 11) is 6.03. The minimum absolute atomic E-state index is 0. The molecular formula is C61H104O19UV. The van der Waals surface area contributed by atoms with Crippen molar-refractivity contribution >= 4 is 64.4 Å². The Kier molecular flexibility index (Phi) is 70.9. The number of ether oxygens (including phenoxy) is 6. The number of esters is 3. The quantitative estimate of drug-likeness (QED) is 0.00810. The third kappa shape index (κ3) is 44.5. The van der Waals surface area contributed by atoms with E-state index in [1.165, 1.54) is 14.0 Å². The first-order valence-corrected chi connectivity index (χ1v) is 27.7. The first kappa shape index (κ1) is 94.4. The molecule has 19 nitrogen and oxygen atoms in total. The smallest absolute Gasteiger partial charge is 0.345 e. The van der Waals surface area contributed by atoms with Crippen LogP contribution in [0.4, 0.5) is 0 Å². The van der Waals surface area contributed by atoms with Gasteiger partial charge < -0.3 is 28.4 Å². The minimum Gasteiger partial charge on any atom is -0.460 e. The van der Waals surface area contributed by atoms with E-state index in [9.17, 15) is 52.7 Å². The van der Waals surface area contributed by atoms with Gasteiger partial charge >= 0.3 is 23.9 Å². The summed E-state index contributed by atoms with van der Waals surface area (Å²) in [6.07, 6.45) is 5.79. The molecule has 0 aromatic heterocycles. The van der Waals surface area contributed by atoms with Crippen LogP contribution >= 0.6 is 0 Å². The topological polar surface area (TPSA) is 262 Å². The second-order valence-corrected chi connectivity index (χ2v) is 18.4. The Morgan fingerprint density at radius 2 is 0.817 bits per heavy atom. The fraction of sp³-hybridized carbons (Fsp3) is 0.689. The zero-order valence-electron chi connectivity index (χ0n) is 52.9. The van der Waals surface area contributed by atoms with E-state index in [2.05, 4.69) is 66.2 Å². The van der Waals surface area contributed by atoms with Crippen LogP contribution in [0.3, 0.4) is 0 Å². The zero-order valence-corrected chi connectivity index (χ0v) is 58.4. The van der Waals surface area contributed by atoms with Gasteiger partial charge in [0.1, 0.15) is 25.6 Å². The summed E-state index contributed by atoms with van der Waals surface area (Å²) in [6, 6.07) is 0. The molecule has 0 saturated heterocycles. The number of carbonyl (C=O) groups excluding carboxylic acids is 11. The van der Waals surface area contributed by atoms with Crippen molar-refractivity contribution < 1.29 is 141 Å². The SMILES string of the molecule is C=C.C=CC(=O)OCCOC.C=CC(=O)OCCOC(=O)C=C.CC.CCC(C)CC(=O)C(C)CC(CC)C(=O)C(=O)C(CC(C)C(=O)C(=O)C(CC)C(C)C(C)C(=O)C(=O)C(C)CC)CC(CC)C(=O)OOC.COCCOC.[U].[V]. The predicted molar refractivity (Wildman–Crippen MR) is 309 cm³/mol. The van der Waals surface area contributed by atoms with Crippen molar-refractivity contribution in [2.45, 2.75) is 148 Å². The molecule has 471 valence electrons. The minimum atomic E-state index is -1.07. The molecule has 0 aromatic rings. The molecular weight excluding hydrogens is 1330 g/mol. The van der Waals surface area contributed by atoms with E-state index in [1.807, 2.05) is 34.6 Å². The van der Waals surface area contributed by atoms with E-state index in [4.69, 9.17) is 4.89 Å². The molecule has 82 heavy (non-hydrogen) atoms. The van der Waals surface area contributed by atoms with Crippen LogP contribution in [0, 0.1) is 90.3 Å². The van der Waals surface area contributed by atoms with E-state index >= 15 is 0 Å². The Morgan fingerprint density at radius 3 is 1.17 bits per heavy atom. The third-order valence-corrected chi connectivity index (χ3v) is 12.8. The van der Waals surface area contributed by atoms with E-state index in [-0.39, 0.29) is 107 Å². The van der Waals surface area contributed by atoms with Crippen LogP contribution < -0.4 is 0 Å². The monoisotopic (exact) mass is 1430 g/mol. The second-order valence-electron chi connectivity index (χ2n) is 18.4. The van der Waals surface area contributed by atoms with Gasteiger partial charge in [-0.3, -0.25) is 38.4 Å². The van der Waals surface area contributed by atoms with Gasteiger partial charge in [0.15, 0.2) is 0 Å². The molecule has 10 atom stereocenters. The van der Waals surface area contributed by atoms with Crippen molar-refractivity contribution in [2.75, 3.05) is 68.1 Å². The number of rotatable bonds is 39. The molecule has 0 spiro atoms. The first-order chi connectivity index (χ1) is 37.8. The van der Waals surface area contributed by atoms with Crippen molar-refractivity contribution in [1.82, 2.24) is 0 Å². The van der Waals surface area contributed by atoms with E-state index in [0.717, 1.165) is 24.6 Å². The van der Waals surface area contributed by atoms with Crippen molar-refractivity contribution in [3.05, 3.63) is 51.1 Å². The molecule has 0 rings (SSSR count). The molecule has 0 amide bonds. The van der Waals surface area contributed by atoms with Crippen LogP contribution in [-0.2, 0) is 109 Å². The van der Waals surface area contributed by atoms with Crippen molar-refractivity contribution in [2.24, 2.45) is 59.2 Å². The Hall–Kier alpha value is -3.99. The van der Waals surface area contributed by atoms with Crippen LogP contribution in [0.5, 0.6) is 0 Å². The van der Waals surface area contributed by atoms with Crippen LogP contribution in [-0.4, -0.2) is 132 Å². The van der Waals surface area contributed by atoms with Gasteiger partial charge in [0.05, 0.1) is 32.8 Å². The first-order valence-electron chi connectivity index (χ1n) is 27.7. The van der Waals surface area contributed by atoms with Gasteiger partial charge in [-0.2, -0.15) is 4.89 Å². The number of ketones is 7. The predicted octanol–water partition coefficient (Wildman–Crippen LogP) is 9.88. The molecule has 1 radical (unpaired) electrons. The summed E-state index contributed by atoms with van der Waals surface area (Å²) in [4.78, 5) is 146. The average molecular weight is 1430 g/mol. The van der Waals surface area contributed by atoms with Crippen LogP contribution in [0.1, 0.15) is 148 Å². The van der Waals surface area contributed by atoms with E-state index in [0.29, 0.717) is 45.7 Å². The van der Waals surface area contributed by atoms with Gasteiger partial charge in [-0.25, -0.2) is 19.2 Å². The number of carbonyl (C=O) groups is 11. The molecule has 0 aromatic carbocycles. The summed E-state index contributed by atoms with van der Waals surface area (Å²) in [5.41, 5.74) is 0. The maximum absolute atomic E-state index is 13.9. The van der Waals surface area contributed by atoms with Crippen molar-refractivity contribution in [1.29, 1.82) is 0 Å². The standard InChI is InChI=1S/C39H64O10.C8H10O4.C6H10O3.C4H10O2.C2H6.C2H4.U.V/c1-13-22(6)18-32(40)24(8)19-28(15-3)36(44)37(45)30(21-29(16-4)39(47)49-48-12)20-25(9)34(42)38(46)31(17-5)26(10)27(11)35(43)33(41)23(7)14-2;1-3-7(9)11-5-6-12-8(10)4-2;1-3-6(7)9-5-4-8-2;1-5-3-4-6-2;2*1-2;;/h22-31H,13-21H2,1-12H3;3-4H,1-2,5-6H2;3H,1,4-5H2,2H3;3-4H2,1-2H3;1-2H3;1-2H2;;. The summed E-state index contributed by atoms with van der Waals surface area (Å²) in [6.45, 7) is 41.1. The molecule has 0 aliphatic carbocycles. The fourth-order valence-electron chi connectivity index (χ4n) is 7.19. The molecule has 0 bridgehead atoms. The second kappa shape index (κ2) is 61.6. The molecule has 0 fully saturated rings. The summed E-state index contributed by atoms with van der Waals surface area (Å²) in [5.74, 6) is -12.5. The normalized spacial score (nSPS) is 13.5. The number of hydrogen-bond donors (Lipinski definition) is 0. The molecule has 0 aliphatic rings. The van der Waals surface area contributed by atoms with Gasteiger partial charge in [0.2, 0.25) is 34.7 Å². The van der Waals surface area contributed by atoms with Gasteiger partial charge in [-0.05, 0) is 56.8 Å². The summed E-state index contributed by atoms with van der Waals surface area (Å²) >= 11 is 0. The fourth-order valence-corrected chi connectivity index (χ4v) is 7.19. The average Bonchev–Trinajstić information content (AvgIpc) is 3.47. The maximum Gasteiger partial charge on any atom is 0.345 e. The van der Waals surface area contributed by atoms with Crippen LogP contribution in [0.15, 0.2) is 51.1 Å². The largest absolute Gasteiger partial charge is 0.460 e. The van der Waals surface area contributed by atoms with Gasteiger partial charge in [-0.1, -0.05) is 116 Å². The number of hydrogen-bond acceptors (Lipinski definition) is 19. The Morgan fingerprint density at radius 1 is 0.439 bits per heavy atom. The molecule has 0 heterocycles. The van der Waals surface area contributed by atoms with Gasteiger partial charge in [-0.15, -0.1) is 13.2 Å². The maximum atomic E-state index is 13.9. The van der Waals surface area contributed by atoms with E-state index in [1.54, 1.807) is 69.8 Å². The molecule has 0 N–H and O–H groups in total. The summed E-state index contributed by atoms with van der Waals surface area (Å²) in [5, 5.41) is 0. The van der Waals surface area contributed by atoms with Gasteiger partial charge in [0.25, 0.3) is 0 Å². The third-order valence-electron chi connectivity index (χ3n) is 12.8. The van der Waals surface area contributed by atoms with Crippen LogP contribution in [0.2, 0.25) is 0 Å². The zero-order chi connectivity index (χ0) is 63.5. The van der Waals surface area contributed by atoms with Crippen molar-refractivity contribution in [3.63, 3.8) is 0 Å². The Labute approximate surface area is 527 Å². The number of methoxy groups -OCH3 is 3. The molecule has 0 saturated carbocycles. The van der Waals surface area contributed by atoms with Crippen molar-refractivity contribution in [3.8, 4) is 0 Å². The van der Waals surface area contributed by atoms with E-state index < -0.39 is 112 Å². The molecule has 21 heteroatoms. The Balaban J connectivity index is -0.000000223. The van der Waals surface area contributed by atoms with Gasteiger partial charge in [0, 0.05) is 137 Å². The van der Waals surface area contributed by atoms with Crippen LogP contribution in [0.25, 0.3) is 0 Å². The molecule has 10 unspecified atom stereocenters. The molecule has 0 aliphatic heterocycles. The summed E-state index contributed by atoms with van der Waals surface area (Å²) < 4.78 is 27.5. The number of Topliss-reactive ketones (excluding diaryl/α,β-unsaturated/α-hetero) is 7. The Bertz CT molecular complexity index is 1810.